The highest BCUT2D eigenvalue weighted by Gasteiger charge is 2.41. The van der Waals surface area contributed by atoms with Gasteiger partial charge in [0.05, 0.1) is 30.0 Å². The summed E-state index contributed by atoms with van der Waals surface area (Å²) < 4.78 is 19.8. The van der Waals surface area contributed by atoms with Gasteiger partial charge in [-0.3, -0.25) is 29.2 Å². The zero-order chi connectivity index (χ0) is 51.4. The maximum atomic E-state index is 14.8. The number of hydrazine groups is 1. The molecule has 3 aliphatic heterocycles. The van der Waals surface area contributed by atoms with Crippen LogP contribution in [0.3, 0.4) is 0 Å². The molecule has 16 heteroatoms. The largest absolute Gasteiger partial charge is 0.508 e. The molecule has 382 valence electrons. The van der Waals surface area contributed by atoms with Gasteiger partial charge in [0.15, 0.2) is 0 Å². The van der Waals surface area contributed by atoms with Crippen LogP contribution in [0.4, 0.5) is 4.79 Å². The predicted octanol–water partition coefficient (Wildman–Crippen LogP) is 7.59. The second kappa shape index (κ2) is 21.9. The van der Waals surface area contributed by atoms with Gasteiger partial charge in [-0.05, 0) is 110 Å². The number of carbonyl (C=O) groups excluding carboxylic acids is 5. The lowest BCUT2D eigenvalue weighted by Gasteiger charge is -2.37. The number of carbonyl (C=O) groups is 5. The van der Waals surface area contributed by atoms with Crippen LogP contribution in [0.2, 0.25) is 0 Å². The molecule has 3 N–H and O–H groups in total. The Bertz CT molecular complexity index is 2810. The van der Waals surface area contributed by atoms with Crippen molar-refractivity contribution in [3.05, 3.63) is 107 Å². The van der Waals surface area contributed by atoms with Crippen molar-refractivity contribution in [3.8, 4) is 28.1 Å². The quantitative estimate of drug-likeness (QED) is 0.111. The van der Waals surface area contributed by atoms with E-state index in [0.717, 1.165) is 44.5 Å². The van der Waals surface area contributed by atoms with Crippen LogP contribution >= 0.6 is 0 Å². The number of aromatic nitrogens is 2. The van der Waals surface area contributed by atoms with Gasteiger partial charge in [0.1, 0.15) is 30.5 Å². The van der Waals surface area contributed by atoms with E-state index in [9.17, 15) is 29.1 Å². The highest BCUT2D eigenvalue weighted by molar-refractivity contribution is 5.96. The standard InChI is InChI=1S/C56H69N7O9/c1-9-62-47-20-19-38-29-43(47)44(50(62)42-17-13-22-57-48(42)35(4)70-8)30-56(5,6)33-72-54(68)45-18-14-23-63(59-45)53(67)46(27-37-25-40(38)28-41(64)26-37)58-51(65)49(34(2)3)60(7)52(66)39-21-24-61(31-39)55(69)71-32-36-15-11-10-12-16-36/h10-13,15-17,19-20,22,25-26,28-29,34-35,39,45-46,49,59,64H,9,14,18,21,23-24,27,30-33H2,1-8H3,(H,58,65)/t35-,39-,45-,46-,49-/m0/s1. The number of nitrogens with zero attached hydrogens (tertiary/aromatic N) is 5. The molecule has 5 aromatic rings. The number of benzene rings is 3. The molecule has 2 fully saturated rings. The lowest BCUT2D eigenvalue weighted by molar-refractivity contribution is -0.155. The third kappa shape index (κ3) is 11.1. The Balaban J connectivity index is 1.13. The maximum Gasteiger partial charge on any atom is 0.410 e. The highest BCUT2D eigenvalue weighted by Crippen LogP contribution is 2.42. The normalized spacial score (nSPS) is 20.2. The number of nitrogens with one attached hydrogen (secondary N) is 2. The van der Waals surface area contributed by atoms with E-state index < -0.39 is 53.3 Å². The van der Waals surface area contributed by atoms with Crippen molar-refractivity contribution in [3.63, 3.8) is 0 Å². The predicted molar refractivity (Wildman–Crippen MR) is 273 cm³/mol. The summed E-state index contributed by atoms with van der Waals surface area (Å²) in [5, 5.41) is 16.8. The number of ether oxygens (including phenoxy) is 3. The van der Waals surface area contributed by atoms with Crippen LogP contribution < -0.4 is 10.7 Å². The number of pyridine rings is 1. The molecule has 0 unspecified atom stereocenters. The fourth-order valence-electron chi connectivity index (χ4n) is 10.6. The number of esters is 1. The van der Waals surface area contributed by atoms with Crippen LogP contribution in [0, 0.1) is 17.3 Å². The minimum atomic E-state index is -1.18. The number of cyclic esters (lactones) is 1. The zero-order valence-electron chi connectivity index (χ0n) is 42.8. The summed E-state index contributed by atoms with van der Waals surface area (Å²) in [6.07, 6.45) is 2.81. The van der Waals surface area contributed by atoms with Crippen molar-refractivity contribution >= 4 is 40.7 Å². The van der Waals surface area contributed by atoms with Gasteiger partial charge in [-0.25, -0.2) is 10.2 Å². The molecule has 6 bridgehead atoms. The van der Waals surface area contributed by atoms with Crippen LogP contribution in [0.25, 0.3) is 33.3 Å². The number of likely N-dealkylation sites (N-methyl/N-ethyl adjacent to an activating group) is 1. The first-order chi connectivity index (χ1) is 34.5. The van der Waals surface area contributed by atoms with E-state index in [1.54, 1.807) is 32.5 Å². The van der Waals surface area contributed by atoms with Crippen molar-refractivity contribution < 1.29 is 43.3 Å². The molecule has 0 spiro atoms. The summed E-state index contributed by atoms with van der Waals surface area (Å²) >= 11 is 0. The second-order valence-corrected chi connectivity index (χ2v) is 20.6. The van der Waals surface area contributed by atoms with Crippen molar-refractivity contribution in [2.75, 3.05) is 40.4 Å². The van der Waals surface area contributed by atoms with Crippen LogP contribution in [-0.2, 0) is 59.4 Å². The first-order valence-electron chi connectivity index (χ1n) is 25.2. The number of hydrogen-bond donors (Lipinski definition) is 3. The molecule has 16 nitrogen and oxygen atoms in total. The lowest BCUT2D eigenvalue weighted by atomic mass is 9.84. The van der Waals surface area contributed by atoms with E-state index >= 15 is 0 Å². The number of phenolic OH excluding ortho intramolecular Hbond substituents is 1. The molecule has 2 aromatic heterocycles. The fraction of sp³-hybridized carbons (Fsp3) is 0.464. The number of aromatic hydroxyl groups is 1. The highest BCUT2D eigenvalue weighted by atomic mass is 16.6. The van der Waals surface area contributed by atoms with Crippen LogP contribution in [0.15, 0.2) is 85.1 Å². The van der Waals surface area contributed by atoms with Gasteiger partial charge in [-0.2, -0.15) is 0 Å². The summed E-state index contributed by atoms with van der Waals surface area (Å²) in [6.45, 7) is 13.5. The molecular weight excluding hydrogens is 915 g/mol. The van der Waals surface area contributed by atoms with Gasteiger partial charge in [-0.1, -0.05) is 70.2 Å². The van der Waals surface area contributed by atoms with Crippen molar-refractivity contribution in [1.29, 1.82) is 0 Å². The number of fused-ring (bicyclic) bond motifs is 6. The van der Waals surface area contributed by atoms with Crippen molar-refractivity contribution in [1.82, 2.24) is 35.1 Å². The SMILES string of the molecule is CCn1c(-c2cccnc2[C@H](C)OC)c2c3cc(ccc31)-c1cc(O)cc(c1)C[C@H](NC(=O)[C@H](C(C)C)N(C)C(=O)[C@H]1CCN(C(=O)OCc3ccccc3)C1)C(=O)N1CCC[C@H](N1)C(=O)OCC(C)(C)C2. The van der Waals surface area contributed by atoms with Gasteiger partial charge in [0, 0.05) is 74.8 Å². The molecule has 3 aliphatic rings. The number of methoxy groups -OCH3 is 1. The van der Waals surface area contributed by atoms with Gasteiger partial charge in [-0.15, -0.1) is 0 Å². The molecule has 3 aromatic carbocycles. The van der Waals surface area contributed by atoms with E-state index in [2.05, 4.69) is 54.3 Å². The molecule has 72 heavy (non-hydrogen) atoms. The van der Waals surface area contributed by atoms with E-state index in [1.807, 2.05) is 69.3 Å². The van der Waals surface area contributed by atoms with E-state index in [0.29, 0.717) is 49.9 Å². The average Bonchev–Trinajstić information content (AvgIpc) is 3.99. The van der Waals surface area contributed by atoms with Gasteiger partial charge < -0.3 is 39.0 Å². The summed E-state index contributed by atoms with van der Waals surface area (Å²) in [5.41, 5.74) is 10.3. The zero-order valence-corrected chi connectivity index (χ0v) is 42.8. The minimum Gasteiger partial charge on any atom is -0.508 e. The smallest absolute Gasteiger partial charge is 0.410 e. The molecule has 4 amide bonds. The van der Waals surface area contributed by atoms with Crippen LogP contribution in [0.1, 0.15) is 89.3 Å². The molecule has 0 aliphatic carbocycles. The molecule has 2 saturated heterocycles. The topological polar surface area (TPSA) is 185 Å². The Kier molecular flexibility index (Phi) is 15.7. The Morgan fingerprint density at radius 3 is 2.50 bits per heavy atom. The Hall–Kier alpha value is -6.78. The first-order valence-corrected chi connectivity index (χ1v) is 25.2. The monoisotopic (exact) mass is 984 g/mol. The molecule has 5 heterocycles. The summed E-state index contributed by atoms with van der Waals surface area (Å²) in [7, 11) is 3.25. The average molecular weight is 984 g/mol. The van der Waals surface area contributed by atoms with Gasteiger partial charge in [0.2, 0.25) is 11.8 Å². The molecule has 8 rings (SSSR count). The fourth-order valence-corrected chi connectivity index (χ4v) is 10.6. The summed E-state index contributed by atoms with van der Waals surface area (Å²) in [5.74, 6) is -2.77. The Morgan fingerprint density at radius 1 is 0.986 bits per heavy atom. The number of likely N-dealkylation sites (tertiary alicyclic amines) is 1. The number of rotatable bonds is 11. The number of aryl methyl sites for hydroxylation is 1. The maximum absolute atomic E-state index is 14.8. The Labute approximate surface area is 422 Å². The number of amides is 4. The van der Waals surface area contributed by atoms with Crippen molar-refractivity contribution in [2.24, 2.45) is 17.3 Å². The second-order valence-electron chi connectivity index (χ2n) is 20.6. The summed E-state index contributed by atoms with van der Waals surface area (Å²) in [6, 6.07) is 21.8. The third-order valence-corrected chi connectivity index (χ3v) is 14.3. The molecule has 5 atom stereocenters. The Morgan fingerprint density at radius 2 is 1.76 bits per heavy atom. The molecular formula is C56H69N7O9. The van der Waals surface area contributed by atoms with Gasteiger partial charge >= 0.3 is 12.1 Å². The molecule has 0 saturated carbocycles. The van der Waals surface area contributed by atoms with E-state index in [-0.39, 0.29) is 56.4 Å². The van der Waals surface area contributed by atoms with Gasteiger partial charge in [0.25, 0.3) is 5.91 Å². The molecule has 0 radical (unpaired) electrons. The van der Waals surface area contributed by atoms with Crippen LogP contribution in [-0.4, -0.2) is 118 Å². The summed E-state index contributed by atoms with van der Waals surface area (Å²) in [4.78, 5) is 78.4. The minimum absolute atomic E-state index is 0.0184. The number of phenols is 1. The lowest BCUT2D eigenvalue weighted by Crippen LogP contribution is -2.62. The van der Waals surface area contributed by atoms with E-state index in [4.69, 9.17) is 19.2 Å². The number of hydrogen-bond acceptors (Lipinski definition) is 11. The first kappa shape index (κ1) is 51.6. The van der Waals surface area contributed by atoms with Crippen molar-refractivity contribution in [2.45, 2.75) is 111 Å². The van der Waals surface area contributed by atoms with Crippen LogP contribution in [0.5, 0.6) is 5.75 Å². The van der Waals surface area contributed by atoms with E-state index in [1.165, 1.54) is 14.8 Å². The third-order valence-electron chi connectivity index (χ3n) is 14.3.